The third kappa shape index (κ3) is 1.75. The van der Waals surface area contributed by atoms with Crippen molar-refractivity contribution < 1.29 is 0 Å². The van der Waals surface area contributed by atoms with Crippen molar-refractivity contribution >= 4 is 39.2 Å². The molecule has 13 heavy (non-hydrogen) atoms. The number of anilines is 1. The monoisotopic (exact) mass is 284 g/mol. The van der Waals surface area contributed by atoms with Gasteiger partial charge in [0.1, 0.15) is 0 Å². The number of benzene rings is 1. The number of nitrogens with zero attached hydrogens (tertiary/aromatic N) is 1. The second-order valence-corrected chi connectivity index (χ2v) is 4.06. The number of halogens is 1. The first-order valence-electron chi connectivity index (χ1n) is 4.02. The smallest absolute Gasteiger partial charge is 0.0704 e. The van der Waals surface area contributed by atoms with Crippen molar-refractivity contribution in [2.75, 3.05) is 12.4 Å². The van der Waals surface area contributed by atoms with Crippen molar-refractivity contribution in [1.29, 1.82) is 0 Å². The lowest BCUT2D eigenvalue weighted by molar-refractivity contribution is 1.38. The largest absolute Gasteiger partial charge is 0.388 e. The van der Waals surface area contributed by atoms with Crippen LogP contribution in [0.2, 0.25) is 0 Å². The molecule has 2 aromatic rings. The van der Waals surface area contributed by atoms with Gasteiger partial charge in [-0.1, -0.05) is 0 Å². The lowest BCUT2D eigenvalue weighted by Gasteiger charge is -2.02. The van der Waals surface area contributed by atoms with Gasteiger partial charge in [0.2, 0.25) is 0 Å². The van der Waals surface area contributed by atoms with E-state index in [1.807, 2.05) is 25.4 Å². The van der Waals surface area contributed by atoms with Gasteiger partial charge < -0.3 is 5.32 Å². The maximum atomic E-state index is 4.32. The van der Waals surface area contributed by atoms with E-state index in [1.54, 1.807) is 0 Å². The van der Waals surface area contributed by atoms with E-state index in [1.165, 1.54) is 8.96 Å². The molecule has 0 aliphatic carbocycles. The zero-order valence-electron chi connectivity index (χ0n) is 7.21. The fraction of sp³-hybridized carbons (Fsp3) is 0.100. The van der Waals surface area contributed by atoms with E-state index in [0.717, 1.165) is 11.2 Å². The molecule has 0 unspecified atom stereocenters. The molecule has 66 valence electrons. The molecule has 0 aliphatic rings. The summed E-state index contributed by atoms with van der Waals surface area (Å²) in [4.78, 5) is 4.32. The van der Waals surface area contributed by atoms with Crippen molar-refractivity contribution in [3.8, 4) is 0 Å². The molecule has 0 saturated carbocycles. The fourth-order valence-electron chi connectivity index (χ4n) is 1.26. The van der Waals surface area contributed by atoms with Crippen LogP contribution in [0.5, 0.6) is 0 Å². The van der Waals surface area contributed by atoms with E-state index < -0.39 is 0 Å². The van der Waals surface area contributed by atoms with Crippen LogP contribution in [0, 0.1) is 3.57 Å². The summed E-state index contributed by atoms with van der Waals surface area (Å²) in [5.74, 6) is 0. The Labute approximate surface area is 90.5 Å². The van der Waals surface area contributed by atoms with Crippen LogP contribution in [0.1, 0.15) is 0 Å². The first-order valence-corrected chi connectivity index (χ1v) is 5.10. The number of nitrogens with one attached hydrogen (secondary N) is 1. The minimum absolute atomic E-state index is 1.04. The third-order valence-electron chi connectivity index (χ3n) is 1.94. The second-order valence-electron chi connectivity index (χ2n) is 2.81. The van der Waals surface area contributed by atoms with Crippen LogP contribution in [0.15, 0.2) is 30.5 Å². The molecule has 0 aliphatic heterocycles. The Kier molecular flexibility index (Phi) is 2.35. The second kappa shape index (κ2) is 3.49. The van der Waals surface area contributed by atoms with Gasteiger partial charge in [0.25, 0.3) is 0 Å². The van der Waals surface area contributed by atoms with Crippen molar-refractivity contribution in [3.05, 3.63) is 34.0 Å². The van der Waals surface area contributed by atoms with Crippen LogP contribution in [0.4, 0.5) is 5.69 Å². The van der Waals surface area contributed by atoms with E-state index in [9.17, 15) is 0 Å². The molecule has 0 amide bonds. The van der Waals surface area contributed by atoms with E-state index in [4.69, 9.17) is 0 Å². The fourth-order valence-corrected chi connectivity index (χ4v) is 1.73. The molecular formula is C10H9IN2. The van der Waals surface area contributed by atoms with Gasteiger partial charge in [-0.2, -0.15) is 0 Å². The maximum Gasteiger partial charge on any atom is 0.0704 e. The SMILES string of the molecule is CNc1ccc2ncc(I)cc2c1. The number of fused-ring (bicyclic) bond motifs is 1. The molecule has 0 radical (unpaired) electrons. The first kappa shape index (κ1) is 8.74. The van der Waals surface area contributed by atoms with Crippen LogP contribution >= 0.6 is 22.6 Å². The molecule has 0 atom stereocenters. The van der Waals surface area contributed by atoms with Gasteiger partial charge in [0.05, 0.1) is 5.52 Å². The van der Waals surface area contributed by atoms with Crippen LogP contribution in [-0.2, 0) is 0 Å². The lowest BCUT2D eigenvalue weighted by Crippen LogP contribution is -1.88. The summed E-state index contributed by atoms with van der Waals surface area (Å²) in [6.07, 6.45) is 1.88. The minimum Gasteiger partial charge on any atom is -0.388 e. The molecule has 1 aromatic heterocycles. The molecule has 2 rings (SSSR count). The highest BCUT2D eigenvalue weighted by Gasteiger charge is 1.96. The van der Waals surface area contributed by atoms with Crippen molar-refractivity contribution in [2.24, 2.45) is 0 Å². The molecule has 1 heterocycles. The van der Waals surface area contributed by atoms with Gasteiger partial charge in [-0.05, 0) is 46.9 Å². The average Bonchev–Trinajstić information content (AvgIpc) is 2.16. The Balaban J connectivity index is 2.68. The molecule has 0 spiro atoms. The first-order chi connectivity index (χ1) is 6.29. The highest BCUT2D eigenvalue weighted by molar-refractivity contribution is 14.1. The Hall–Kier alpha value is -0.840. The number of aromatic nitrogens is 1. The molecule has 2 nitrogen and oxygen atoms in total. The minimum atomic E-state index is 1.04. The molecule has 1 aromatic carbocycles. The highest BCUT2D eigenvalue weighted by Crippen LogP contribution is 2.18. The third-order valence-corrected chi connectivity index (χ3v) is 2.53. The topological polar surface area (TPSA) is 24.9 Å². The standard InChI is InChI=1S/C10H9IN2/c1-12-9-2-3-10-7(5-9)4-8(11)6-13-10/h2-6,12H,1H3. The number of rotatable bonds is 1. The van der Waals surface area contributed by atoms with E-state index in [0.29, 0.717) is 0 Å². The molecule has 0 bridgehead atoms. The van der Waals surface area contributed by atoms with Crippen molar-refractivity contribution in [3.63, 3.8) is 0 Å². The van der Waals surface area contributed by atoms with E-state index in [2.05, 4.69) is 45.0 Å². The van der Waals surface area contributed by atoms with E-state index >= 15 is 0 Å². The molecule has 0 fully saturated rings. The summed E-state index contributed by atoms with van der Waals surface area (Å²) in [5, 5.41) is 4.29. The number of hydrogen-bond donors (Lipinski definition) is 1. The van der Waals surface area contributed by atoms with Crippen molar-refractivity contribution in [2.45, 2.75) is 0 Å². The summed E-state index contributed by atoms with van der Waals surface area (Å²) in [7, 11) is 1.92. The highest BCUT2D eigenvalue weighted by atomic mass is 127. The van der Waals surface area contributed by atoms with Gasteiger partial charge in [-0.25, -0.2) is 0 Å². The molecular weight excluding hydrogens is 275 g/mol. The zero-order chi connectivity index (χ0) is 9.26. The predicted molar refractivity (Wildman–Crippen MR) is 64.0 cm³/mol. The summed E-state index contributed by atoms with van der Waals surface area (Å²) in [5.41, 5.74) is 2.16. The van der Waals surface area contributed by atoms with E-state index in [-0.39, 0.29) is 0 Å². The molecule has 3 heteroatoms. The van der Waals surface area contributed by atoms with Gasteiger partial charge in [0, 0.05) is 27.9 Å². The van der Waals surface area contributed by atoms with Gasteiger partial charge in [-0.15, -0.1) is 0 Å². The quantitative estimate of drug-likeness (QED) is 0.814. The summed E-state index contributed by atoms with van der Waals surface area (Å²) >= 11 is 2.27. The van der Waals surface area contributed by atoms with Gasteiger partial charge in [-0.3, -0.25) is 4.98 Å². The zero-order valence-corrected chi connectivity index (χ0v) is 9.37. The summed E-state index contributed by atoms with van der Waals surface area (Å²) in [6, 6.07) is 8.29. The normalized spacial score (nSPS) is 10.3. The maximum absolute atomic E-state index is 4.32. The molecule has 1 N–H and O–H groups in total. The summed E-state index contributed by atoms with van der Waals surface area (Å²) in [6.45, 7) is 0. The van der Waals surface area contributed by atoms with Crippen LogP contribution < -0.4 is 5.32 Å². The Bertz CT molecular complexity index is 440. The average molecular weight is 284 g/mol. The van der Waals surface area contributed by atoms with Crippen LogP contribution in [0.3, 0.4) is 0 Å². The van der Waals surface area contributed by atoms with Crippen molar-refractivity contribution in [1.82, 2.24) is 4.98 Å². The number of hydrogen-bond acceptors (Lipinski definition) is 2. The lowest BCUT2D eigenvalue weighted by atomic mass is 10.2. The Morgan fingerprint density at radius 3 is 2.92 bits per heavy atom. The van der Waals surface area contributed by atoms with Crippen LogP contribution in [-0.4, -0.2) is 12.0 Å². The van der Waals surface area contributed by atoms with Crippen LogP contribution in [0.25, 0.3) is 10.9 Å². The summed E-state index contributed by atoms with van der Waals surface area (Å²) < 4.78 is 1.17. The Morgan fingerprint density at radius 1 is 1.31 bits per heavy atom. The van der Waals surface area contributed by atoms with Gasteiger partial charge >= 0.3 is 0 Å². The van der Waals surface area contributed by atoms with Gasteiger partial charge in [0.15, 0.2) is 0 Å². The molecule has 0 saturated heterocycles. The predicted octanol–water partition coefficient (Wildman–Crippen LogP) is 2.88. The Morgan fingerprint density at radius 2 is 2.15 bits per heavy atom. The number of pyridine rings is 1.